The Bertz CT molecular complexity index is 100. The summed E-state index contributed by atoms with van der Waals surface area (Å²) in [5.41, 5.74) is 0. The molecule has 1 nitrogen and oxygen atoms in total. The molecule has 1 aliphatic rings. The van der Waals surface area contributed by atoms with E-state index in [2.05, 4.69) is 11.8 Å². The molecule has 1 heterocycles. The monoisotopic (exact) mass is 115 g/mol. The quantitative estimate of drug-likeness (QED) is 0.343. The second-order valence-electron chi connectivity index (χ2n) is 2.02. The van der Waals surface area contributed by atoms with Crippen LogP contribution in [0.3, 0.4) is 0 Å². The summed E-state index contributed by atoms with van der Waals surface area (Å²) in [6.45, 7) is 5.32. The van der Waals surface area contributed by atoms with Gasteiger partial charge in [0.15, 0.2) is 0 Å². The van der Waals surface area contributed by atoms with E-state index >= 15 is 0 Å². The lowest BCUT2D eigenvalue weighted by atomic mass is 10.6. The normalized spacial score (nSPS) is 27.7. The highest BCUT2D eigenvalue weighted by molar-refractivity contribution is 7.80. The maximum atomic E-state index is 4.88. The number of hydrogen-bond acceptors (Lipinski definition) is 1. The van der Waals surface area contributed by atoms with E-state index in [-0.39, 0.29) is 0 Å². The SMILES string of the molecule is CC(=S)N1CC1C. The van der Waals surface area contributed by atoms with Gasteiger partial charge in [-0.2, -0.15) is 0 Å². The van der Waals surface area contributed by atoms with Crippen molar-refractivity contribution in [3.8, 4) is 0 Å². The Morgan fingerprint density at radius 1 is 1.86 bits per heavy atom. The Morgan fingerprint density at radius 2 is 2.29 bits per heavy atom. The van der Waals surface area contributed by atoms with Crippen LogP contribution in [0.5, 0.6) is 0 Å². The lowest BCUT2D eigenvalue weighted by Crippen LogP contribution is -2.03. The van der Waals surface area contributed by atoms with Gasteiger partial charge in [-0.3, -0.25) is 0 Å². The largest absolute Gasteiger partial charge is 0.360 e. The summed E-state index contributed by atoms with van der Waals surface area (Å²) in [6, 6.07) is 0.734. The molecule has 1 atom stereocenters. The van der Waals surface area contributed by atoms with Gasteiger partial charge in [0.2, 0.25) is 0 Å². The molecule has 0 aliphatic carbocycles. The molecule has 1 aliphatic heterocycles. The Kier molecular flexibility index (Phi) is 1.04. The Labute approximate surface area is 49.3 Å². The second-order valence-corrected chi connectivity index (χ2v) is 2.61. The van der Waals surface area contributed by atoms with Crippen LogP contribution in [0, 0.1) is 0 Å². The van der Waals surface area contributed by atoms with Gasteiger partial charge in [-0.1, -0.05) is 12.2 Å². The molecule has 40 valence electrons. The van der Waals surface area contributed by atoms with E-state index in [1.807, 2.05) is 6.92 Å². The van der Waals surface area contributed by atoms with Crippen LogP contribution < -0.4 is 0 Å². The van der Waals surface area contributed by atoms with E-state index in [0.29, 0.717) is 0 Å². The Morgan fingerprint density at radius 3 is 2.29 bits per heavy atom. The third-order valence-corrected chi connectivity index (χ3v) is 1.50. The lowest BCUT2D eigenvalue weighted by molar-refractivity contribution is 0.775. The number of hydrogen-bond donors (Lipinski definition) is 0. The van der Waals surface area contributed by atoms with Gasteiger partial charge in [0, 0.05) is 12.6 Å². The van der Waals surface area contributed by atoms with Gasteiger partial charge in [-0.25, -0.2) is 0 Å². The zero-order valence-electron chi connectivity index (χ0n) is 4.64. The van der Waals surface area contributed by atoms with Crippen molar-refractivity contribution in [2.75, 3.05) is 6.54 Å². The zero-order chi connectivity index (χ0) is 5.44. The molecule has 0 spiro atoms. The molecular weight excluding hydrogens is 106 g/mol. The van der Waals surface area contributed by atoms with Crippen LogP contribution in [0.25, 0.3) is 0 Å². The molecule has 0 aromatic carbocycles. The predicted octanol–water partition coefficient (Wildman–Crippen LogP) is 1.04. The Hall–Kier alpha value is -0.110. The van der Waals surface area contributed by atoms with Gasteiger partial charge in [0.05, 0.1) is 4.99 Å². The summed E-state index contributed by atoms with van der Waals surface area (Å²) in [6.07, 6.45) is 0. The third kappa shape index (κ3) is 0.911. The first-order valence-corrected chi connectivity index (χ1v) is 2.90. The van der Waals surface area contributed by atoms with Crippen molar-refractivity contribution in [2.24, 2.45) is 0 Å². The number of nitrogens with zero attached hydrogens (tertiary/aromatic N) is 1. The van der Waals surface area contributed by atoms with Crippen molar-refractivity contribution in [3.05, 3.63) is 0 Å². The summed E-state index contributed by atoms with van der Waals surface area (Å²) < 4.78 is 0. The topological polar surface area (TPSA) is 3.01 Å². The maximum absolute atomic E-state index is 4.88. The maximum Gasteiger partial charge on any atom is 0.0751 e. The van der Waals surface area contributed by atoms with Crippen LogP contribution in [-0.4, -0.2) is 22.5 Å². The van der Waals surface area contributed by atoms with E-state index in [4.69, 9.17) is 12.2 Å². The van der Waals surface area contributed by atoms with Crippen molar-refractivity contribution >= 4 is 17.2 Å². The van der Waals surface area contributed by atoms with E-state index in [1.54, 1.807) is 0 Å². The van der Waals surface area contributed by atoms with Crippen molar-refractivity contribution in [1.29, 1.82) is 0 Å². The Balaban J connectivity index is 2.33. The van der Waals surface area contributed by atoms with Gasteiger partial charge in [-0.15, -0.1) is 0 Å². The average molecular weight is 115 g/mol. The fourth-order valence-electron chi connectivity index (χ4n) is 0.676. The molecule has 0 aromatic rings. The molecule has 1 unspecified atom stereocenters. The predicted molar refractivity (Wildman–Crippen MR) is 34.4 cm³/mol. The molecule has 0 bridgehead atoms. The molecule has 0 aromatic heterocycles. The lowest BCUT2D eigenvalue weighted by Gasteiger charge is -1.94. The zero-order valence-corrected chi connectivity index (χ0v) is 5.46. The smallest absolute Gasteiger partial charge is 0.0751 e. The van der Waals surface area contributed by atoms with Crippen LogP contribution in [0.4, 0.5) is 0 Å². The molecule has 7 heavy (non-hydrogen) atoms. The van der Waals surface area contributed by atoms with Gasteiger partial charge in [0.25, 0.3) is 0 Å². The van der Waals surface area contributed by atoms with Gasteiger partial charge < -0.3 is 4.90 Å². The van der Waals surface area contributed by atoms with E-state index in [0.717, 1.165) is 11.0 Å². The number of rotatable bonds is 0. The summed E-state index contributed by atoms with van der Waals surface area (Å²) in [4.78, 5) is 3.22. The van der Waals surface area contributed by atoms with Gasteiger partial charge in [-0.05, 0) is 13.8 Å². The van der Waals surface area contributed by atoms with Crippen LogP contribution in [0.1, 0.15) is 13.8 Å². The van der Waals surface area contributed by atoms with Crippen LogP contribution in [0.15, 0.2) is 0 Å². The van der Waals surface area contributed by atoms with E-state index in [1.165, 1.54) is 6.54 Å². The number of thiocarbonyl (C=S) groups is 1. The van der Waals surface area contributed by atoms with E-state index in [9.17, 15) is 0 Å². The molecule has 1 rings (SSSR count). The average Bonchev–Trinajstić information content (AvgIpc) is 2.17. The van der Waals surface area contributed by atoms with Gasteiger partial charge in [0.1, 0.15) is 0 Å². The standard InChI is InChI=1S/C5H9NS/c1-4-3-6(4)5(2)7/h4H,3H2,1-2H3. The van der Waals surface area contributed by atoms with Crippen LogP contribution in [0.2, 0.25) is 0 Å². The molecule has 1 saturated heterocycles. The molecule has 1 fully saturated rings. The highest BCUT2D eigenvalue weighted by atomic mass is 32.1. The van der Waals surface area contributed by atoms with Gasteiger partial charge >= 0.3 is 0 Å². The minimum absolute atomic E-state index is 0.734. The first-order valence-electron chi connectivity index (χ1n) is 2.49. The molecular formula is C5H9NS. The molecule has 0 saturated carbocycles. The summed E-state index contributed by atoms with van der Waals surface area (Å²) in [5, 5.41) is 0. The first-order chi connectivity index (χ1) is 3.22. The molecule has 2 heteroatoms. The fourth-order valence-corrected chi connectivity index (χ4v) is 0.931. The van der Waals surface area contributed by atoms with Crippen LogP contribution >= 0.6 is 12.2 Å². The summed E-state index contributed by atoms with van der Waals surface area (Å²) >= 11 is 4.88. The fraction of sp³-hybridized carbons (Fsp3) is 0.800. The minimum atomic E-state index is 0.734. The molecule has 0 radical (unpaired) electrons. The van der Waals surface area contributed by atoms with Crippen molar-refractivity contribution in [2.45, 2.75) is 19.9 Å². The minimum Gasteiger partial charge on any atom is -0.360 e. The van der Waals surface area contributed by atoms with E-state index < -0.39 is 0 Å². The first kappa shape index (κ1) is 5.04. The van der Waals surface area contributed by atoms with Crippen molar-refractivity contribution in [3.63, 3.8) is 0 Å². The van der Waals surface area contributed by atoms with Crippen molar-refractivity contribution in [1.82, 2.24) is 4.90 Å². The third-order valence-electron chi connectivity index (χ3n) is 1.26. The highest BCUT2D eigenvalue weighted by Crippen LogP contribution is 2.15. The van der Waals surface area contributed by atoms with Crippen molar-refractivity contribution < 1.29 is 0 Å². The van der Waals surface area contributed by atoms with Crippen LogP contribution in [-0.2, 0) is 0 Å². The molecule has 0 N–H and O–H groups in total. The molecule has 0 amide bonds. The highest BCUT2D eigenvalue weighted by Gasteiger charge is 2.28. The second kappa shape index (κ2) is 1.44. The summed E-state index contributed by atoms with van der Waals surface area (Å²) in [7, 11) is 0. The summed E-state index contributed by atoms with van der Waals surface area (Å²) in [5.74, 6) is 0.